The number of ether oxygens (including phenoxy) is 3. The molecule has 1 atom stereocenters. The fraction of sp³-hybridized carbons (Fsp3) is 0.685. The number of esters is 3. The average Bonchev–Trinajstić information content (AvgIpc) is 3.45. The topological polar surface area (TPSA) is 78.9 Å². The number of carbonyl (C=O) groups excluding carboxylic acids is 3. The summed E-state index contributed by atoms with van der Waals surface area (Å²) in [7, 11) is 0. The molecule has 0 heterocycles. The monoisotopic (exact) mass is 1090 g/mol. The van der Waals surface area contributed by atoms with Crippen molar-refractivity contribution < 1.29 is 28.6 Å². The number of rotatable bonds is 59. The van der Waals surface area contributed by atoms with Gasteiger partial charge >= 0.3 is 17.9 Å². The molecule has 6 heteroatoms. The maximum absolute atomic E-state index is 12.9. The van der Waals surface area contributed by atoms with E-state index in [0.29, 0.717) is 19.3 Å². The third-order valence-corrected chi connectivity index (χ3v) is 13.9. The van der Waals surface area contributed by atoms with Crippen LogP contribution in [0.4, 0.5) is 0 Å². The van der Waals surface area contributed by atoms with Crippen molar-refractivity contribution in [1.29, 1.82) is 0 Å². The third kappa shape index (κ3) is 64.5. The molecule has 0 fully saturated rings. The molecule has 0 aliphatic carbocycles. The third-order valence-electron chi connectivity index (χ3n) is 13.9. The van der Waals surface area contributed by atoms with Crippen LogP contribution in [0.1, 0.15) is 303 Å². The summed E-state index contributed by atoms with van der Waals surface area (Å²) in [4.78, 5) is 38.3. The molecule has 0 bridgehead atoms. The van der Waals surface area contributed by atoms with Gasteiger partial charge in [-0.25, -0.2) is 0 Å². The predicted molar refractivity (Wildman–Crippen MR) is 343 cm³/mol. The molecule has 0 N–H and O–H groups in total. The summed E-state index contributed by atoms with van der Waals surface area (Å²) in [6, 6.07) is 0. The normalized spacial score (nSPS) is 12.9. The van der Waals surface area contributed by atoms with E-state index in [9.17, 15) is 14.4 Å². The molecule has 0 amide bonds. The first-order chi connectivity index (χ1) is 39.0. The number of hydrogen-bond donors (Lipinski definition) is 0. The largest absolute Gasteiger partial charge is 0.462 e. The molecule has 0 aromatic heterocycles. The highest BCUT2D eigenvalue weighted by molar-refractivity contribution is 5.71. The Hall–Kier alpha value is -4.19. The van der Waals surface area contributed by atoms with Crippen molar-refractivity contribution in [3.05, 3.63) is 122 Å². The number of allylic oxidation sites excluding steroid dienone is 20. The summed E-state index contributed by atoms with van der Waals surface area (Å²) < 4.78 is 16.9. The van der Waals surface area contributed by atoms with Crippen LogP contribution in [0.25, 0.3) is 0 Å². The van der Waals surface area contributed by atoms with Crippen LogP contribution in [0.3, 0.4) is 0 Å². The number of unbranched alkanes of at least 4 members (excludes halogenated alkanes) is 28. The van der Waals surface area contributed by atoms with Gasteiger partial charge in [-0.1, -0.05) is 277 Å². The minimum atomic E-state index is -0.798. The van der Waals surface area contributed by atoms with Gasteiger partial charge in [-0.3, -0.25) is 14.4 Å². The Labute approximate surface area is 488 Å². The molecular weight excluding hydrogens is 973 g/mol. The summed E-state index contributed by atoms with van der Waals surface area (Å²) in [5, 5.41) is 0. The molecule has 0 rings (SSSR count). The van der Waals surface area contributed by atoms with Crippen LogP contribution < -0.4 is 0 Å². The molecule has 79 heavy (non-hydrogen) atoms. The molecule has 0 spiro atoms. The summed E-state index contributed by atoms with van der Waals surface area (Å²) in [6.07, 6.45) is 92.1. The Balaban J connectivity index is 4.32. The fourth-order valence-corrected chi connectivity index (χ4v) is 9.04. The highest BCUT2D eigenvalue weighted by Gasteiger charge is 2.19. The Kier molecular flexibility index (Phi) is 62.8. The van der Waals surface area contributed by atoms with Crippen molar-refractivity contribution in [3.8, 4) is 0 Å². The maximum Gasteiger partial charge on any atom is 0.306 e. The molecular formula is C73H122O6. The highest BCUT2D eigenvalue weighted by Crippen LogP contribution is 2.16. The van der Waals surface area contributed by atoms with Gasteiger partial charge in [-0.2, -0.15) is 0 Å². The molecule has 0 aliphatic heterocycles. The second kappa shape index (κ2) is 66.3. The molecule has 0 saturated carbocycles. The summed E-state index contributed by atoms with van der Waals surface area (Å²) >= 11 is 0. The fourth-order valence-electron chi connectivity index (χ4n) is 9.04. The zero-order valence-corrected chi connectivity index (χ0v) is 51.6. The van der Waals surface area contributed by atoms with Gasteiger partial charge in [0.15, 0.2) is 6.10 Å². The molecule has 0 aromatic carbocycles. The van der Waals surface area contributed by atoms with Crippen LogP contribution in [0.2, 0.25) is 0 Å². The summed E-state index contributed by atoms with van der Waals surface area (Å²) in [5.41, 5.74) is 0. The first kappa shape index (κ1) is 74.8. The number of carbonyl (C=O) groups is 3. The Morgan fingerprint density at radius 3 is 0.785 bits per heavy atom. The summed E-state index contributed by atoms with van der Waals surface area (Å²) in [5.74, 6) is -0.919. The smallest absolute Gasteiger partial charge is 0.306 e. The van der Waals surface area contributed by atoms with E-state index in [2.05, 4.69) is 142 Å². The molecule has 0 aromatic rings. The van der Waals surface area contributed by atoms with Gasteiger partial charge in [0.05, 0.1) is 0 Å². The SMILES string of the molecule is CC/C=C\C/C=C\C/C=C\C/C=C\C/C=C\CCCCCCCCCCCCCCCC(=O)OCC(COC(=O)CCCCCCC/C=C\CCCCCCCC)OC(=O)CCCCCC/C=C\C/C=C\C/C=C\C/C=C\CC. The lowest BCUT2D eigenvalue weighted by Crippen LogP contribution is -2.30. The van der Waals surface area contributed by atoms with Gasteiger partial charge in [0.25, 0.3) is 0 Å². The maximum atomic E-state index is 12.9. The van der Waals surface area contributed by atoms with Gasteiger partial charge in [0.1, 0.15) is 13.2 Å². The average molecular weight is 1100 g/mol. The quantitative estimate of drug-likeness (QED) is 0.0261. The van der Waals surface area contributed by atoms with Crippen molar-refractivity contribution >= 4 is 17.9 Å². The van der Waals surface area contributed by atoms with Crippen LogP contribution in [0.15, 0.2) is 122 Å². The van der Waals surface area contributed by atoms with Gasteiger partial charge in [0, 0.05) is 19.3 Å². The van der Waals surface area contributed by atoms with Gasteiger partial charge in [0.2, 0.25) is 0 Å². The van der Waals surface area contributed by atoms with Crippen molar-refractivity contribution in [1.82, 2.24) is 0 Å². The van der Waals surface area contributed by atoms with Crippen LogP contribution in [-0.4, -0.2) is 37.2 Å². The van der Waals surface area contributed by atoms with Crippen molar-refractivity contribution in [3.63, 3.8) is 0 Å². The molecule has 6 nitrogen and oxygen atoms in total. The van der Waals surface area contributed by atoms with E-state index >= 15 is 0 Å². The van der Waals surface area contributed by atoms with E-state index in [-0.39, 0.29) is 31.1 Å². The van der Waals surface area contributed by atoms with E-state index in [1.807, 2.05) is 0 Å². The van der Waals surface area contributed by atoms with Crippen LogP contribution in [0, 0.1) is 0 Å². The minimum Gasteiger partial charge on any atom is -0.462 e. The Morgan fingerprint density at radius 2 is 0.494 bits per heavy atom. The van der Waals surface area contributed by atoms with E-state index in [1.165, 1.54) is 128 Å². The lowest BCUT2D eigenvalue weighted by molar-refractivity contribution is -0.167. The van der Waals surface area contributed by atoms with Gasteiger partial charge < -0.3 is 14.2 Å². The molecule has 0 radical (unpaired) electrons. The highest BCUT2D eigenvalue weighted by atomic mass is 16.6. The number of hydrogen-bond acceptors (Lipinski definition) is 6. The van der Waals surface area contributed by atoms with Crippen LogP contribution in [0.5, 0.6) is 0 Å². The minimum absolute atomic E-state index is 0.0920. The zero-order chi connectivity index (χ0) is 57.1. The zero-order valence-electron chi connectivity index (χ0n) is 51.6. The van der Waals surface area contributed by atoms with Crippen LogP contribution in [-0.2, 0) is 28.6 Å². The molecule has 1 unspecified atom stereocenters. The van der Waals surface area contributed by atoms with Crippen LogP contribution >= 0.6 is 0 Å². The van der Waals surface area contributed by atoms with E-state index < -0.39 is 6.10 Å². The molecule has 0 aliphatic rings. The van der Waals surface area contributed by atoms with Crippen molar-refractivity contribution in [2.75, 3.05) is 13.2 Å². The Bertz CT molecular complexity index is 1640. The molecule has 450 valence electrons. The predicted octanol–water partition coefficient (Wildman–Crippen LogP) is 22.8. The lowest BCUT2D eigenvalue weighted by Gasteiger charge is -2.18. The van der Waals surface area contributed by atoms with Crippen molar-refractivity contribution in [2.24, 2.45) is 0 Å². The van der Waals surface area contributed by atoms with E-state index in [1.54, 1.807) is 0 Å². The Morgan fingerprint density at radius 1 is 0.266 bits per heavy atom. The van der Waals surface area contributed by atoms with Gasteiger partial charge in [-0.15, -0.1) is 0 Å². The standard InChI is InChI=1S/C73H122O6/c1-4-7-10-13-16-19-22-25-28-30-31-32-33-34-35-36-37-38-39-40-41-43-45-48-51-54-57-60-63-66-72(75)78-69-70(68-77-71(74)65-62-59-56-53-50-47-44-27-24-21-18-15-12-9-6-3)79-73(76)67-64-61-58-55-52-49-46-42-29-26-23-20-17-14-11-8-5-2/h7-8,10-11,16-17,19-20,25-29,31-32,34-35,44,46,49,70H,4-6,9,12-15,18,21-24,30,33,36-43,45,47-48,50-69H2,1-3H3/b10-7-,11-8-,19-16-,20-17-,28-25-,29-26-,32-31-,35-34-,44-27-,49-46-. The van der Waals surface area contributed by atoms with Crippen molar-refractivity contribution in [2.45, 2.75) is 309 Å². The summed E-state index contributed by atoms with van der Waals surface area (Å²) in [6.45, 7) is 6.40. The molecule has 0 saturated heterocycles. The second-order valence-electron chi connectivity index (χ2n) is 21.6. The lowest BCUT2D eigenvalue weighted by atomic mass is 10.0. The first-order valence-electron chi connectivity index (χ1n) is 33.0. The van der Waals surface area contributed by atoms with E-state index in [4.69, 9.17) is 14.2 Å². The van der Waals surface area contributed by atoms with Gasteiger partial charge in [-0.05, 0) is 128 Å². The second-order valence-corrected chi connectivity index (χ2v) is 21.6. The van der Waals surface area contributed by atoms with E-state index in [0.717, 1.165) is 135 Å². The first-order valence-corrected chi connectivity index (χ1v) is 33.0.